The highest BCUT2D eigenvalue weighted by atomic mass is 35.5. The molecule has 28 heavy (non-hydrogen) atoms. The number of amides is 1. The normalized spacial score (nSPS) is 12.3. The summed E-state index contributed by atoms with van der Waals surface area (Å²) in [5, 5.41) is 3.18. The van der Waals surface area contributed by atoms with Crippen LogP contribution >= 0.6 is 11.6 Å². The Hall–Kier alpha value is -2.25. The number of rotatable bonds is 8. The van der Waals surface area contributed by atoms with E-state index in [1.165, 1.54) is 0 Å². The molecule has 0 aliphatic rings. The first-order chi connectivity index (χ1) is 13.2. The molecule has 0 heterocycles. The van der Waals surface area contributed by atoms with Gasteiger partial charge < -0.3 is 10.1 Å². The van der Waals surface area contributed by atoms with E-state index in [1.807, 2.05) is 6.92 Å². The van der Waals surface area contributed by atoms with Crippen LogP contribution in [0.1, 0.15) is 25.8 Å². The predicted octanol–water partition coefficient (Wildman–Crippen LogP) is 4.23. The van der Waals surface area contributed by atoms with Gasteiger partial charge in [-0.05, 0) is 62.2 Å². The van der Waals surface area contributed by atoms with E-state index in [0.717, 1.165) is 10.6 Å². The zero-order valence-corrected chi connectivity index (χ0v) is 18.0. The molecule has 2 aromatic rings. The van der Waals surface area contributed by atoms with Gasteiger partial charge in [-0.2, -0.15) is 0 Å². The van der Waals surface area contributed by atoms with Gasteiger partial charge in [0.15, 0.2) is 0 Å². The molecule has 0 bridgehead atoms. The fourth-order valence-electron chi connectivity index (χ4n) is 2.88. The Balaban J connectivity index is 2.35. The molecule has 1 N–H and O–H groups in total. The SMILES string of the molecule is CCOc1ccc(NC(=O)[C@H](CC)N(c2cc(Cl)ccc2C)S(C)(=O)=O)cc1. The number of ether oxygens (including phenoxy) is 1. The smallest absolute Gasteiger partial charge is 0.248 e. The van der Waals surface area contributed by atoms with E-state index in [2.05, 4.69) is 5.32 Å². The molecule has 1 atom stereocenters. The van der Waals surface area contributed by atoms with E-state index in [-0.39, 0.29) is 0 Å². The van der Waals surface area contributed by atoms with Gasteiger partial charge in [0.05, 0.1) is 18.6 Å². The highest BCUT2D eigenvalue weighted by molar-refractivity contribution is 7.92. The van der Waals surface area contributed by atoms with E-state index in [9.17, 15) is 13.2 Å². The van der Waals surface area contributed by atoms with Crippen LogP contribution in [0.25, 0.3) is 0 Å². The van der Waals surface area contributed by atoms with Gasteiger partial charge in [-0.1, -0.05) is 24.6 Å². The van der Waals surface area contributed by atoms with Crippen molar-refractivity contribution in [3.63, 3.8) is 0 Å². The van der Waals surface area contributed by atoms with Gasteiger partial charge in [-0.3, -0.25) is 9.10 Å². The van der Waals surface area contributed by atoms with E-state index < -0.39 is 22.0 Å². The van der Waals surface area contributed by atoms with Crippen molar-refractivity contribution >= 4 is 38.9 Å². The molecule has 8 heteroatoms. The summed E-state index contributed by atoms with van der Waals surface area (Å²) in [6.07, 6.45) is 1.38. The van der Waals surface area contributed by atoms with Crippen molar-refractivity contribution in [3.8, 4) is 5.75 Å². The average molecular weight is 425 g/mol. The Morgan fingerprint density at radius 3 is 2.36 bits per heavy atom. The molecule has 0 saturated heterocycles. The minimum Gasteiger partial charge on any atom is -0.494 e. The third-order valence-electron chi connectivity index (χ3n) is 4.17. The number of anilines is 2. The summed E-state index contributed by atoms with van der Waals surface area (Å²) in [4.78, 5) is 12.9. The topological polar surface area (TPSA) is 75.7 Å². The number of aryl methyl sites for hydroxylation is 1. The zero-order valence-electron chi connectivity index (χ0n) is 16.4. The van der Waals surface area contributed by atoms with E-state index >= 15 is 0 Å². The van der Waals surface area contributed by atoms with Crippen LogP contribution in [0.5, 0.6) is 5.75 Å². The molecule has 2 aromatic carbocycles. The van der Waals surface area contributed by atoms with Crippen LogP contribution in [0.3, 0.4) is 0 Å². The van der Waals surface area contributed by atoms with Crippen molar-refractivity contribution in [2.45, 2.75) is 33.2 Å². The minimum atomic E-state index is -3.73. The van der Waals surface area contributed by atoms with Crippen LogP contribution in [0.2, 0.25) is 5.02 Å². The highest BCUT2D eigenvalue weighted by Crippen LogP contribution is 2.29. The number of sulfonamides is 1. The van der Waals surface area contributed by atoms with Crippen molar-refractivity contribution in [2.24, 2.45) is 0 Å². The fourth-order valence-corrected chi connectivity index (χ4v) is 4.31. The van der Waals surface area contributed by atoms with Crippen LogP contribution in [0, 0.1) is 6.92 Å². The van der Waals surface area contributed by atoms with Crippen molar-refractivity contribution in [3.05, 3.63) is 53.1 Å². The molecule has 0 fully saturated rings. The molecular weight excluding hydrogens is 400 g/mol. The molecule has 152 valence electrons. The molecule has 0 unspecified atom stereocenters. The Labute approximate surface area is 171 Å². The van der Waals surface area contributed by atoms with Crippen molar-refractivity contribution < 1.29 is 17.9 Å². The summed E-state index contributed by atoms with van der Waals surface area (Å²) in [6.45, 7) is 5.98. The minimum absolute atomic E-state index is 0.294. The summed E-state index contributed by atoms with van der Waals surface area (Å²) < 4.78 is 31.6. The summed E-state index contributed by atoms with van der Waals surface area (Å²) in [5.74, 6) is 0.274. The third kappa shape index (κ3) is 5.39. The van der Waals surface area contributed by atoms with Gasteiger partial charge in [0.2, 0.25) is 15.9 Å². The standard InChI is InChI=1S/C20H25ClN2O4S/c1-5-18(20(24)22-16-9-11-17(12-10-16)27-6-2)23(28(4,25)26)19-13-15(21)8-7-14(19)3/h7-13,18H,5-6H2,1-4H3,(H,22,24)/t18-/m0/s1. The van der Waals surface area contributed by atoms with Crippen LogP contribution < -0.4 is 14.4 Å². The monoisotopic (exact) mass is 424 g/mol. The maximum atomic E-state index is 12.9. The quantitative estimate of drug-likeness (QED) is 0.688. The van der Waals surface area contributed by atoms with Crippen molar-refractivity contribution in [2.75, 3.05) is 22.5 Å². The number of carbonyl (C=O) groups is 1. The molecule has 6 nitrogen and oxygen atoms in total. The molecule has 0 radical (unpaired) electrons. The molecule has 0 aromatic heterocycles. The van der Waals surface area contributed by atoms with Crippen LogP contribution in [0.4, 0.5) is 11.4 Å². The second-order valence-corrected chi connectivity index (χ2v) is 8.66. The van der Waals surface area contributed by atoms with Gasteiger partial charge in [-0.25, -0.2) is 8.42 Å². The van der Waals surface area contributed by atoms with Crippen LogP contribution in [-0.4, -0.2) is 33.2 Å². The second kappa shape index (κ2) is 9.30. The molecule has 0 aliphatic heterocycles. The van der Waals surface area contributed by atoms with E-state index in [4.69, 9.17) is 16.3 Å². The lowest BCUT2D eigenvalue weighted by Gasteiger charge is -2.31. The molecular formula is C20H25ClN2O4S. The maximum absolute atomic E-state index is 12.9. The Kier molecular flexibility index (Phi) is 7.32. The third-order valence-corrected chi connectivity index (χ3v) is 5.57. The number of nitrogens with zero attached hydrogens (tertiary/aromatic N) is 1. The first kappa shape index (κ1) is 22.0. The number of nitrogens with one attached hydrogen (secondary N) is 1. The summed E-state index contributed by atoms with van der Waals surface area (Å²) in [5.41, 5.74) is 1.66. The van der Waals surface area contributed by atoms with E-state index in [1.54, 1.807) is 56.3 Å². The van der Waals surface area contributed by atoms with E-state index in [0.29, 0.717) is 40.7 Å². The Morgan fingerprint density at radius 1 is 1.18 bits per heavy atom. The lowest BCUT2D eigenvalue weighted by Crippen LogP contribution is -2.47. The first-order valence-electron chi connectivity index (χ1n) is 8.96. The molecule has 0 saturated carbocycles. The summed E-state index contributed by atoms with van der Waals surface area (Å²) in [7, 11) is -3.73. The Morgan fingerprint density at radius 2 is 1.82 bits per heavy atom. The van der Waals surface area contributed by atoms with Gasteiger partial charge in [0, 0.05) is 10.7 Å². The summed E-state index contributed by atoms with van der Waals surface area (Å²) in [6, 6.07) is 11.0. The lowest BCUT2D eigenvalue weighted by molar-refractivity contribution is -0.117. The molecule has 0 aliphatic carbocycles. The highest BCUT2D eigenvalue weighted by Gasteiger charge is 2.32. The number of hydrogen-bond acceptors (Lipinski definition) is 4. The maximum Gasteiger partial charge on any atom is 0.248 e. The van der Waals surface area contributed by atoms with Gasteiger partial charge in [-0.15, -0.1) is 0 Å². The lowest BCUT2D eigenvalue weighted by atomic mass is 10.1. The van der Waals surface area contributed by atoms with Crippen molar-refractivity contribution in [1.82, 2.24) is 0 Å². The molecule has 2 rings (SSSR count). The Bertz CT molecular complexity index is 930. The number of hydrogen-bond donors (Lipinski definition) is 1. The predicted molar refractivity (Wildman–Crippen MR) is 114 cm³/mol. The number of halogens is 1. The van der Waals surface area contributed by atoms with Gasteiger partial charge in [0.1, 0.15) is 11.8 Å². The van der Waals surface area contributed by atoms with Gasteiger partial charge in [0.25, 0.3) is 0 Å². The number of carbonyl (C=O) groups excluding carboxylic acids is 1. The average Bonchev–Trinajstić information content (AvgIpc) is 2.62. The largest absolute Gasteiger partial charge is 0.494 e. The van der Waals surface area contributed by atoms with Gasteiger partial charge >= 0.3 is 0 Å². The molecule has 1 amide bonds. The zero-order chi connectivity index (χ0) is 20.9. The second-order valence-electron chi connectivity index (χ2n) is 6.36. The number of benzene rings is 2. The fraction of sp³-hybridized carbons (Fsp3) is 0.350. The van der Waals surface area contributed by atoms with Crippen molar-refractivity contribution in [1.29, 1.82) is 0 Å². The first-order valence-corrected chi connectivity index (χ1v) is 11.2. The van der Waals surface area contributed by atoms with Crippen LogP contribution in [-0.2, 0) is 14.8 Å². The molecule has 0 spiro atoms. The summed E-state index contributed by atoms with van der Waals surface area (Å²) >= 11 is 6.07. The van der Waals surface area contributed by atoms with Crippen LogP contribution in [0.15, 0.2) is 42.5 Å².